The molecule has 1 aromatic rings. The summed E-state index contributed by atoms with van der Waals surface area (Å²) in [5, 5.41) is 9.24. The largest absolute Gasteiger partial charge is 0.480 e. The summed E-state index contributed by atoms with van der Waals surface area (Å²) in [6, 6.07) is 7.44. The van der Waals surface area contributed by atoms with Crippen LogP contribution in [0, 0.1) is 12.3 Å². The molecule has 0 aromatic heterocycles. The van der Waals surface area contributed by atoms with Gasteiger partial charge in [-0.3, -0.25) is 9.59 Å². The first-order chi connectivity index (χ1) is 8.40. The first kappa shape index (κ1) is 14.2. The van der Waals surface area contributed by atoms with Gasteiger partial charge in [-0.1, -0.05) is 29.8 Å². The molecular formula is C14H18O4. The van der Waals surface area contributed by atoms with E-state index in [2.05, 4.69) is 0 Å². The van der Waals surface area contributed by atoms with Crippen LogP contribution in [0.2, 0.25) is 0 Å². The zero-order chi connectivity index (χ0) is 13.8. The van der Waals surface area contributed by atoms with Crippen LogP contribution in [0.1, 0.15) is 25.0 Å². The molecule has 0 fully saturated rings. The maximum atomic E-state index is 11.8. The fourth-order valence-electron chi connectivity index (χ4n) is 1.64. The number of rotatable bonds is 5. The highest BCUT2D eigenvalue weighted by Crippen LogP contribution is 2.25. The molecule has 0 spiro atoms. The van der Waals surface area contributed by atoms with E-state index in [0.717, 1.165) is 11.1 Å². The van der Waals surface area contributed by atoms with Crippen LogP contribution in [-0.4, -0.2) is 23.7 Å². The van der Waals surface area contributed by atoms with Gasteiger partial charge in [-0.25, -0.2) is 0 Å². The molecule has 0 saturated carbocycles. The highest BCUT2D eigenvalue weighted by atomic mass is 16.5. The molecule has 1 atom stereocenters. The first-order valence-electron chi connectivity index (χ1n) is 5.86. The van der Waals surface area contributed by atoms with E-state index in [-0.39, 0.29) is 13.0 Å². The van der Waals surface area contributed by atoms with E-state index in [1.807, 2.05) is 31.2 Å². The van der Waals surface area contributed by atoms with Crippen molar-refractivity contribution in [3.8, 4) is 0 Å². The molecule has 1 aromatic carbocycles. The molecule has 4 heteroatoms. The Hall–Kier alpha value is -1.84. The lowest BCUT2D eigenvalue weighted by atomic mass is 9.83. The average molecular weight is 250 g/mol. The maximum Gasteiger partial charge on any atom is 0.323 e. The Morgan fingerprint density at radius 1 is 1.28 bits per heavy atom. The zero-order valence-corrected chi connectivity index (χ0v) is 10.9. The molecule has 0 aliphatic carbocycles. The summed E-state index contributed by atoms with van der Waals surface area (Å²) in [4.78, 5) is 23.1. The minimum absolute atomic E-state index is 0.126. The van der Waals surface area contributed by atoms with Gasteiger partial charge in [0.2, 0.25) is 0 Å². The number of hydrogen-bond acceptors (Lipinski definition) is 3. The lowest BCUT2D eigenvalue weighted by Gasteiger charge is -2.22. The van der Waals surface area contributed by atoms with Crippen LogP contribution in [0.3, 0.4) is 0 Å². The van der Waals surface area contributed by atoms with E-state index in [0.29, 0.717) is 0 Å². The van der Waals surface area contributed by atoms with Crippen molar-refractivity contribution in [3.63, 3.8) is 0 Å². The Kier molecular flexibility index (Phi) is 4.48. The van der Waals surface area contributed by atoms with Gasteiger partial charge in [0.15, 0.2) is 5.41 Å². The van der Waals surface area contributed by atoms with Crippen LogP contribution in [0.15, 0.2) is 24.3 Å². The SMILES string of the molecule is CCOC(=O)C(C)(Cc1ccc(C)cc1)C(=O)O. The Balaban J connectivity index is 2.96. The van der Waals surface area contributed by atoms with Gasteiger partial charge in [0.25, 0.3) is 0 Å². The molecule has 0 amide bonds. The summed E-state index contributed by atoms with van der Waals surface area (Å²) in [7, 11) is 0. The number of aliphatic carboxylic acids is 1. The number of hydrogen-bond donors (Lipinski definition) is 1. The normalized spacial score (nSPS) is 13.7. The molecular weight excluding hydrogens is 232 g/mol. The molecule has 0 aliphatic rings. The molecule has 0 saturated heterocycles. The van der Waals surface area contributed by atoms with Crippen molar-refractivity contribution in [2.75, 3.05) is 6.61 Å². The van der Waals surface area contributed by atoms with Crippen molar-refractivity contribution in [2.24, 2.45) is 5.41 Å². The van der Waals surface area contributed by atoms with Crippen molar-refractivity contribution >= 4 is 11.9 Å². The van der Waals surface area contributed by atoms with Crippen molar-refractivity contribution in [2.45, 2.75) is 27.2 Å². The second-order valence-electron chi connectivity index (χ2n) is 4.52. The molecule has 98 valence electrons. The number of aryl methyl sites for hydroxylation is 1. The fraction of sp³-hybridized carbons (Fsp3) is 0.429. The van der Waals surface area contributed by atoms with Gasteiger partial charge in [0.05, 0.1) is 6.61 Å². The van der Waals surface area contributed by atoms with Gasteiger partial charge in [-0.15, -0.1) is 0 Å². The second kappa shape index (κ2) is 5.67. The third-order valence-electron chi connectivity index (χ3n) is 2.88. The molecule has 0 aliphatic heterocycles. The van der Waals surface area contributed by atoms with Crippen molar-refractivity contribution < 1.29 is 19.4 Å². The minimum atomic E-state index is -1.54. The smallest absolute Gasteiger partial charge is 0.323 e. The molecule has 1 N–H and O–H groups in total. The van der Waals surface area contributed by atoms with E-state index in [1.54, 1.807) is 6.92 Å². The molecule has 0 bridgehead atoms. The third-order valence-corrected chi connectivity index (χ3v) is 2.88. The molecule has 0 heterocycles. The standard InChI is InChI=1S/C14H18O4/c1-4-18-13(17)14(3,12(15)16)9-11-7-5-10(2)6-8-11/h5-8H,4,9H2,1-3H3,(H,15,16). The molecule has 18 heavy (non-hydrogen) atoms. The predicted octanol–water partition coefficient (Wildman–Crippen LogP) is 2.19. The van der Waals surface area contributed by atoms with Gasteiger partial charge in [0.1, 0.15) is 0 Å². The van der Waals surface area contributed by atoms with Crippen molar-refractivity contribution in [1.29, 1.82) is 0 Å². The van der Waals surface area contributed by atoms with Crippen LogP contribution in [-0.2, 0) is 20.7 Å². The van der Waals surface area contributed by atoms with E-state index < -0.39 is 17.4 Å². The van der Waals surface area contributed by atoms with E-state index in [4.69, 9.17) is 4.74 Å². The lowest BCUT2D eigenvalue weighted by molar-refractivity contribution is -0.167. The molecule has 0 radical (unpaired) electrons. The number of carboxylic acids is 1. The van der Waals surface area contributed by atoms with Crippen molar-refractivity contribution in [1.82, 2.24) is 0 Å². The number of ether oxygens (including phenoxy) is 1. The number of carbonyl (C=O) groups excluding carboxylic acids is 1. The first-order valence-corrected chi connectivity index (χ1v) is 5.86. The van der Waals surface area contributed by atoms with Crippen LogP contribution >= 0.6 is 0 Å². The summed E-state index contributed by atoms with van der Waals surface area (Å²) >= 11 is 0. The minimum Gasteiger partial charge on any atom is -0.480 e. The molecule has 1 rings (SSSR count). The monoisotopic (exact) mass is 250 g/mol. The third kappa shape index (κ3) is 3.09. The van der Waals surface area contributed by atoms with E-state index >= 15 is 0 Å². The van der Waals surface area contributed by atoms with Crippen LogP contribution in [0.5, 0.6) is 0 Å². The van der Waals surface area contributed by atoms with Crippen LogP contribution in [0.4, 0.5) is 0 Å². The Labute approximate surface area is 107 Å². The van der Waals surface area contributed by atoms with E-state index in [1.165, 1.54) is 6.92 Å². The van der Waals surface area contributed by atoms with E-state index in [9.17, 15) is 14.7 Å². The maximum absolute atomic E-state index is 11.8. The van der Waals surface area contributed by atoms with Gasteiger partial charge in [-0.05, 0) is 32.8 Å². The fourth-order valence-corrected chi connectivity index (χ4v) is 1.64. The topological polar surface area (TPSA) is 63.6 Å². The number of benzene rings is 1. The highest BCUT2D eigenvalue weighted by molar-refractivity contribution is 5.99. The molecule has 1 unspecified atom stereocenters. The summed E-state index contributed by atoms with van der Waals surface area (Å²) in [5.41, 5.74) is 0.358. The Bertz CT molecular complexity index is 436. The Morgan fingerprint density at radius 3 is 2.28 bits per heavy atom. The van der Waals surface area contributed by atoms with Gasteiger partial charge in [0, 0.05) is 0 Å². The van der Waals surface area contributed by atoms with Gasteiger partial charge < -0.3 is 9.84 Å². The predicted molar refractivity (Wildman–Crippen MR) is 67.3 cm³/mol. The summed E-state index contributed by atoms with van der Waals surface area (Å²) in [6.07, 6.45) is 0.126. The number of esters is 1. The lowest BCUT2D eigenvalue weighted by Crippen LogP contribution is -2.40. The summed E-state index contributed by atoms with van der Waals surface area (Å²) in [5.74, 6) is -1.86. The average Bonchev–Trinajstić information content (AvgIpc) is 2.32. The second-order valence-corrected chi connectivity index (χ2v) is 4.52. The van der Waals surface area contributed by atoms with Crippen LogP contribution < -0.4 is 0 Å². The van der Waals surface area contributed by atoms with Crippen molar-refractivity contribution in [3.05, 3.63) is 35.4 Å². The molecule has 4 nitrogen and oxygen atoms in total. The van der Waals surface area contributed by atoms with Gasteiger partial charge in [-0.2, -0.15) is 0 Å². The Morgan fingerprint density at radius 2 is 1.83 bits per heavy atom. The summed E-state index contributed by atoms with van der Waals surface area (Å²) in [6.45, 7) is 5.18. The zero-order valence-electron chi connectivity index (χ0n) is 10.9. The van der Waals surface area contributed by atoms with Gasteiger partial charge >= 0.3 is 11.9 Å². The summed E-state index contributed by atoms with van der Waals surface area (Å²) < 4.78 is 4.84. The number of carbonyl (C=O) groups is 2. The quantitative estimate of drug-likeness (QED) is 0.642. The number of carboxylic acid groups (broad SMARTS) is 1. The van der Waals surface area contributed by atoms with Crippen LogP contribution in [0.25, 0.3) is 0 Å². The highest BCUT2D eigenvalue weighted by Gasteiger charge is 2.42.